The van der Waals surface area contributed by atoms with E-state index in [1.807, 2.05) is 18.8 Å². The predicted octanol–water partition coefficient (Wildman–Crippen LogP) is 0.937. The van der Waals surface area contributed by atoms with Crippen LogP contribution in [0.25, 0.3) is 0 Å². The van der Waals surface area contributed by atoms with Crippen LogP contribution in [-0.4, -0.2) is 37.7 Å². The molecule has 0 rings (SSSR count). The second-order valence-electron chi connectivity index (χ2n) is 2.82. The maximum Gasteiger partial charge on any atom is 0.00586 e. The monoisotopic (exact) mass is 176 g/mol. The topological polar surface area (TPSA) is 24.1 Å². The molecule has 0 aliphatic heterocycles. The van der Waals surface area contributed by atoms with Gasteiger partial charge in [0.2, 0.25) is 0 Å². The van der Waals surface area contributed by atoms with Crippen molar-refractivity contribution < 1.29 is 0 Å². The molecule has 0 amide bonds. The lowest BCUT2D eigenvalue weighted by molar-refractivity contribution is 0.616. The van der Waals surface area contributed by atoms with Crippen LogP contribution in [0.3, 0.4) is 0 Å². The molecule has 0 heterocycles. The predicted molar refractivity (Wildman–Crippen MR) is 54.4 cm³/mol. The number of hydrogen-bond acceptors (Lipinski definition) is 3. The molecule has 2 nitrogen and oxygen atoms in total. The summed E-state index contributed by atoms with van der Waals surface area (Å²) in [6, 6.07) is 0.625. The fraction of sp³-hybridized carbons (Fsp3) is 1.00. The molecule has 0 radical (unpaired) electrons. The molecule has 0 aromatic rings. The number of hydrogen-bond donors (Lipinski definition) is 2. The quantitative estimate of drug-likeness (QED) is 0.565. The van der Waals surface area contributed by atoms with Gasteiger partial charge in [0.25, 0.3) is 0 Å². The second kappa shape index (κ2) is 8.37. The zero-order chi connectivity index (χ0) is 8.53. The van der Waals surface area contributed by atoms with Crippen molar-refractivity contribution in [2.75, 3.05) is 31.6 Å². The lowest BCUT2D eigenvalue weighted by atomic mass is 10.4. The van der Waals surface area contributed by atoms with Gasteiger partial charge in [0.15, 0.2) is 0 Å². The van der Waals surface area contributed by atoms with Gasteiger partial charge in [-0.05, 0) is 7.05 Å². The van der Waals surface area contributed by atoms with Gasteiger partial charge in [0.05, 0.1) is 0 Å². The Kier molecular flexibility index (Phi) is 8.57. The van der Waals surface area contributed by atoms with E-state index in [2.05, 4.69) is 24.5 Å². The third-order valence-corrected chi connectivity index (χ3v) is 2.28. The molecule has 0 aliphatic carbocycles. The fourth-order valence-electron chi connectivity index (χ4n) is 0.696. The van der Waals surface area contributed by atoms with Gasteiger partial charge < -0.3 is 10.6 Å². The minimum absolute atomic E-state index is 0.625. The van der Waals surface area contributed by atoms with Gasteiger partial charge in [-0.25, -0.2) is 0 Å². The lowest BCUT2D eigenvalue weighted by Crippen LogP contribution is -2.25. The molecule has 0 aromatic carbocycles. The maximum atomic E-state index is 3.38. The van der Waals surface area contributed by atoms with E-state index in [1.165, 1.54) is 11.5 Å². The summed E-state index contributed by atoms with van der Waals surface area (Å²) in [7, 11) is 1.99. The van der Waals surface area contributed by atoms with Crippen LogP contribution >= 0.6 is 11.8 Å². The standard InChI is InChI=1S/C8H20N2S/c1-8(2)10-5-7-11-6-4-9-3/h8-10H,4-7H2,1-3H3. The van der Waals surface area contributed by atoms with Crippen molar-refractivity contribution in [3.05, 3.63) is 0 Å². The van der Waals surface area contributed by atoms with E-state index >= 15 is 0 Å². The summed E-state index contributed by atoms with van der Waals surface area (Å²) in [4.78, 5) is 0. The third kappa shape index (κ3) is 10.3. The highest BCUT2D eigenvalue weighted by molar-refractivity contribution is 7.99. The van der Waals surface area contributed by atoms with Crippen LogP contribution in [0.5, 0.6) is 0 Å². The highest BCUT2D eigenvalue weighted by Gasteiger charge is 1.91. The molecule has 3 heteroatoms. The molecule has 0 spiro atoms. The smallest absolute Gasteiger partial charge is 0.00586 e. The molecule has 0 saturated carbocycles. The zero-order valence-electron chi connectivity index (χ0n) is 7.81. The first-order valence-electron chi connectivity index (χ1n) is 4.23. The number of nitrogens with one attached hydrogen (secondary N) is 2. The van der Waals surface area contributed by atoms with Crippen LogP contribution in [-0.2, 0) is 0 Å². The molecule has 0 saturated heterocycles. The summed E-state index contributed by atoms with van der Waals surface area (Å²) in [6.45, 7) is 6.61. The van der Waals surface area contributed by atoms with Crippen LogP contribution in [0.15, 0.2) is 0 Å². The van der Waals surface area contributed by atoms with Gasteiger partial charge in [-0.3, -0.25) is 0 Å². The summed E-state index contributed by atoms with van der Waals surface area (Å²) in [5.74, 6) is 2.44. The average Bonchev–Trinajstić information content (AvgIpc) is 1.96. The molecular weight excluding hydrogens is 156 g/mol. The molecule has 2 N–H and O–H groups in total. The summed E-state index contributed by atoms with van der Waals surface area (Å²) in [5, 5.41) is 6.51. The van der Waals surface area contributed by atoms with Crippen molar-refractivity contribution in [1.82, 2.24) is 10.6 Å². The van der Waals surface area contributed by atoms with Crippen molar-refractivity contribution >= 4 is 11.8 Å². The second-order valence-corrected chi connectivity index (χ2v) is 4.05. The zero-order valence-corrected chi connectivity index (χ0v) is 8.63. The third-order valence-electron chi connectivity index (χ3n) is 1.30. The van der Waals surface area contributed by atoms with E-state index in [4.69, 9.17) is 0 Å². The van der Waals surface area contributed by atoms with Gasteiger partial charge in [-0.1, -0.05) is 13.8 Å². The van der Waals surface area contributed by atoms with Gasteiger partial charge in [0, 0.05) is 30.6 Å². The molecule has 0 fully saturated rings. The number of rotatable bonds is 7. The van der Waals surface area contributed by atoms with Crippen LogP contribution in [0.1, 0.15) is 13.8 Å². The highest BCUT2D eigenvalue weighted by atomic mass is 32.2. The van der Waals surface area contributed by atoms with E-state index in [-0.39, 0.29) is 0 Å². The first-order valence-corrected chi connectivity index (χ1v) is 5.38. The van der Waals surface area contributed by atoms with Crippen molar-refractivity contribution in [3.63, 3.8) is 0 Å². The Morgan fingerprint density at radius 2 is 1.82 bits per heavy atom. The molecule has 0 unspecified atom stereocenters. The van der Waals surface area contributed by atoms with Crippen molar-refractivity contribution in [1.29, 1.82) is 0 Å². The number of thioether (sulfide) groups is 1. The minimum atomic E-state index is 0.625. The summed E-state index contributed by atoms with van der Waals surface area (Å²) in [5.41, 5.74) is 0. The van der Waals surface area contributed by atoms with Crippen LogP contribution < -0.4 is 10.6 Å². The summed E-state index contributed by atoms with van der Waals surface area (Å²) in [6.07, 6.45) is 0. The Morgan fingerprint density at radius 1 is 1.18 bits per heavy atom. The van der Waals surface area contributed by atoms with Crippen LogP contribution in [0, 0.1) is 0 Å². The minimum Gasteiger partial charge on any atom is -0.319 e. The van der Waals surface area contributed by atoms with E-state index in [0.29, 0.717) is 6.04 Å². The Bertz CT molecular complexity index is 76.5. The molecule has 0 bridgehead atoms. The Labute approximate surface area is 74.5 Å². The van der Waals surface area contributed by atoms with Gasteiger partial charge >= 0.3 is 0 Å². The van der Waals surface area contributed by atoms with E-state index in [0.717, 1.165) is 13.1 Å². The van der Waals surface area contributed by atoms with E-state index in [9.17, 15) is 0 Å². The van der Waals surface area contributed by atoms with E-state index in [1.54, 1.807) is 0 Å². The molecule has 68 valence electrons. The Hall–Kier alpha value is 0.270. The van der Waals surface area contributed by atoms with Gasteiger partial charge in [-0.15, -0.1) is 0 Å². The molecule has 0 aromatic heterocycles. The molecule has 11 heavy (non-hydrogen) atoms. The average molecular weight is 176 g/mol. The van der Waals surface area contributed by atoms with Crippen molar-refractivity contribution in [3.8, 4) is 0 Å². The fourth-order valence-corrected chi connectivity index (χ4v) is 1.51. The van der Waals surface area contributed by atoms with Crippen molar-refractivity contribution in [2.24, 2.45) is 0 Å². The maximum absolute atomic E-state index is 3.38. The molecule has 0 aliphatic rings. The summed E-state index contributed by atoms with van der Waals surface area (Å²) < 4.78 is 0. The summed E-state index contributed by atoms with van der Waals surface area (Å²) >= 11 is 1.99. The van der Waals surface area contributed by atoms with Crippen LogP contribution in [0.4, 0.5) is 0 Å². The Balaban J connectivity index is 2.80. The largest absolute Gasteiger partial charge is 0.319 e. The molecular formula is C8H20N2S. The highest BCUT2D eigenvalue weighted by Crippen LogP contribution is 1.95. The first-order chi connectivity index (χ1) is 5.27. The van der Waals surface area contributed by atoms with Gasteiger partial charge in [0.1, 0.15) is 0 Å². The lowest BCUT2D eigenvalue weighted by Gasteiger charge is -2.06. The normalized spacial score (nSPS) is 10.9. The van der Waals surface area contributed by atoms with Crippen molar-refractivity contribution in [2.45, 2.75) is 19.9 Å². The van der Waals surface area contributed by atoms with E-state index < -0.39 is 0 Å². The first kappa shape index (κ1) is 11.3. The van der Waals surface area contributed by atoms with Gasteiger partial charge in [-0.2, -0.15) is 11.8 Å². The SMILES string of the molecule is CNCCSCCNC(C)C. The van der Waals surface area contributed by atoms with Crippen LogP contribution in [0.2, 0.25) is 0 Å². The molecule has 0 atom stereocenters. The Morgan fingerprint density at radius 3 is 2.36 bits per heavy atom.